The third-order valence-corrected chi connectivity index (χ3v) is 4.37. The Hall–Kier alpha value is -2.80. The van der Waals surface area contributed by atoms with Gasteiger partial charge in [0, 0.05) is 42.2 Å². The molecule has 2 aromatic rings. The van der Waals surface area contributed by atoms with Gasteiger partial charge in [-0.2, -0.15) is 0 Å². The number of aromatic nitrogens is 2. The zero-order valence-corrected chi connectivity index (χ0v) is 14.9. The average Bonchev–Trinajstić information content (AvgIpc) is 2.62. The number of nitrogens with one attached hydrogen (secondary N) is 1. The van der Waals surface area contributed by atoms with Crippen molar-refractivity contribution in [2.75, 3.05) is 19.7 Å². The predicted molar refractivity (Wildman–Crippen MR) is 96.5 cm³/mol. The van der Waals surface area contributed by atoms with Crippen molar-refractivity contribution in [2.45, 2.75) is 26.3 Å². The molecule has 0 spiro atoms. The summed E-state index contributed by atoms with van der Waals surface area (Å²) in [5.41, 5.74) is 3.10. The number of aliphatic hydroxyl groups excluding tert-OH is 1. The predicted octanol–water partition coefficient (Wildman–Crippen LogP) is 1.08. The highest BCUT2D eigenvalue weighted by Crippen LogP contribution is 2.19. The fourth-order valence-electron chi connectivity index (χ4n) is 3.15. The van der Waals surface area contributed by atoms with Crippen LogP contribution in [0.5, 0.6) is 0 Å². The number of carbonyl (C=O) groups excluding carboxylic acids is 2. The molecule has 2 heterocycles. The van der Waals surface area contributed by atoms with Crippen LogP contribution in [-0.2, 0) is 4.79 Å². The first-order valence-electron chi connectivity index (χ1n) is 8.62. The Morgan fingerprint density at radius 2 is 1.88 bits per heavy atom. The summed E-state index contributed by atoms with van der Waals surface area (Å²) < 4.78 is 0. The standard InChI is InChI=1S/C19H22N4O3/c1-12-11-13(2)22-17(21-12)14-3-5-15(6-4-14)19(26)23-9-8-20-18(25)16(23)7-10-24/h3-6,11,16,24H,7-10H2,1-2H3,(H,20,25)/t16-/m0/s1. The fraction of sp³-hybridized carbons (Fsp3) is 0.368. The van der Waals surface area contributed by atoms with Gasteiger partial charge in [0.1, 0.15) is 6.04 Å². The summed E-state index contributed by atoms with van der Waals surface area (Å²) in [6, 6.07) is 8.34. The van der Waals surface area contributed by atoms with E-state index in [1.54, 1.807) is 12.1 Å². The minimum absolute atomic E-state index is 0.148. The Kier molecular flexibility index (Phi) is 5.27. The SMILES string of the molecule is Cc1cc(C)nc(-c2ccc(C(=O)N3CCNC(=O)[C@@H]3CCO)cc2)n1. The number of aryl methyl sites for hydroxylation is 2. The summed E-state index contributed by atoms with van der Waals surface area (Å²) >= 11 is 0. The molecule has 2 amide bonds. The molecule has 26 heavy (non-hydrogen) atoms. The van der Waals surface area contributed by atoms with Crippen LogP contribution in [0.15, 0.2) is 30.3 Å². The van der Waals surface area contributed by atoms with Gasteiger partial charge < -0.3 is 15.3 Å². The summed E-state index contributed by atoms with van der Waals surface area (Å²) in [5, 5.41) is 11.9. The number of hydrogen-bond donors (Lipinski definition) is 2. The highest BCUT2D eigenvalue weighted by molar-refractivity contribution is 5.98. The van der Waals surface area contributed by atoms with Crippen molar-refractivity contribution in [3.05, 3.63) is 47.3 Å². The first kappa shape index (κ1) is 18.0. The third-order valence-electron chi connectivity index (χ3n) is 4.37. The lowest BCUT2D eigenvalue weighted by Gasteiger charge is -2.34. The smallest absolute Gasteiger partial charge is 0.254 e. The van der Waals surface area contributed by atoms with Crippen molar-refractivity contribution in [1.82, 2.24) is 20.2 Å². The number of piperazine rings is 1. The van der Waals surface area contributed by atoms with Crippen LogP contribution in [0, 0.1) is 13.8 Å². The van der Waals surface area contributed by atoms with Crippen LogP contribution >= 0.6 is 0 Å². The maximum atomic E-state index is 12.8. The molecule has 0 unspecified atom stereocenters. The van der Waals surface area contributed by atoms with Gasteiger partial charge in [-0.05, 0) is 38.5 Å². The van der Waals surface area contributed by atoms with Crippen molar-refractivity contribution < 1.29 is 14.7 Å². The number of hydrogen-bond acceptors (Lipinski definition) is 5. The molecular formula is C19H22N4O3. The molecule has 1 saturated heterocycles. The van der Waals surface area contributed by atoms with E-state index in [-0.39, 0.29) is 24.8 Å². The molecule has 0 bridgehead atoms. The highest BCUT2D eigenvalue weighted by Gasteiger charge is 2.32. The largest absolute Gasteiger partial charge is 0.396 e. The molecule has 1 aliphatic rings. The summed E-state index contributed by atoms with van der Waals surface area (Å²) in [6.45, 7) is 4.53. The van der Waals surface area contributed by atoms with Gasteiger partial charge in [0.2, 0.25) is 5.91 Å². The molecule has 1 fully saturated rings. The van der Waals surface area contributed by atoms with E-state index >= 15 is 0 Å². The van der Waals surface area contributed by atoms with Gasteiger partial charge in [0.25, 0.3) is 5.91 Å². The first-order chi connectivity index (χ1) is 12.5. The van der Waals surface area contributed by atoms with Crippen molar-refractivity contribution in [3.8, 4) is 11.4 Å². The van der Waals surface area contributed by atoms with Crippen LogP contribution in [-0.4, -0.2) is 57.5 Å². The molecule has 2 N–H and O–H groups in total. The Labute approximate surface area is 152 Å². The van der Waals surface area contributed by atoms with Gasteiger partial charge in [-0.3, -0.25) is 9.59 Å². The molecule has 0 aliphatic carbocycles. The van der Waals surface area contributed by atoms with Crippen LogP contribution in [0.1, 0.15) is 28.2 Å². The van der Waals surface area contributed by atoms with Crippen molar-refractivity contribution >= 4 is 11.8 Å². The molecule has 1 aromatic heterocycles. The number of amides is 2. The number of carbonyl (C=O) groups is 2. The zero-order chi connectivity index (χ0) is 18.7. The maximum Gasteiger partial charge on any atom is 0.254 e. The second-order valence-corrected chi connectivity index (χ2v) is 6.37. The lowest BCUT2D eigenvalue weighted by Crippen LogP contribution is -2.57. The Morgan fingerprint density at radius 3 is 2.50 bits per heavy atom. The molecule has 7 heteroatoms. The first-order valence-corrected chi connectivity index (χ1v) is 8.62. The van der Waals surface area contributed by atoms with E-state index in [1.165, 1.54) is 4.90 Å². The van der Waals surface area contributed by atoms with E-state index in [1.807, 2.05) is 32.0 Å². The minimum atomic E-state index is -0.635. The molecule has 0 radical (unpaired) electrons. The van der Waals surface area contributed by atoms with Gasteiger partial charge in [0.15, 0.2) is 5.82 Å². The van der Waals surface area contributed by atoms with E-state index < -0.39 is 6.04 Å². The van der Waals surface area contributed by atoms with Gasteiger partial charge >= 0.3 is 0 Å². The van der Waals surface area contributed by atoms with Crippen molar-refractivity contribution in [2.24, 2.45) is 0 Å². The minimum Gasteiger partial charge on any atom is -0.396 e. The molecule has 136 valence electrons. The van der Waals surface area contributed by atoms with Gasteiger partial charge in [-0.25, -0.2) is 9.97 Å². The lowest BCUT2D eigenvalue weighted by atomic mass is 10.1. The van der Waals surface area contributed by atoms with Crippen molar-refractivity contribution in [3.63, 3.8) is 0 Å². The van der Waals surface area contributed by atoms with E-state index in [4.69, 9.17) is 0 Å². The number of rotatable bonds is 4. The Bertz CT molecular complexity index is 800. The lowest BCUT2D eigenvalue weighted by molar-refractivity contribution is -0.128. The molecule has 0 saturated carbocycles. The van der Waals surface area contributed by atoms with Crippen LogP contribution in [0.4, 0.5) is 0 Å². The van der Waals surface area contributed by atoms with Crippen molar-refractivity contribution in [1.29, 1.82) is 0 Å². The normalized spacial score (nSPS) is 17.1. The summed E-state index contributed by atoms with van der Waals surface area (Å²) in [4.78, 5) is 35.2. The average molecular weight is 354 g/mol. The van der Waals surface area contributed by atoms with E-state index in [0.29, 0.717) is 24.5 Å². The topological polar surface area (TPSA) is 95.4 Å². The quantitative estimate of drug-likeness (QED) is 0.857. The number of benzene rings is 1. The number of aliphatic hydroxyl groups is 1. The number of nitrogens with zero attached hydrogens (tertiary/aromatic N) is 3. The summed E-state index contributed by atoms with van der Waals surface area (Å²) in [7, 11) is 0. The van der Waals surface area contributed by atoms with E-state index in [9.17, 15) is 14.7 Å². The Morgan fingerprint density at radius 1 is 1.23 bits per heavy atom. The van der Waals surface area contributed by atoms with Crippen LogP contribution < -0.4 is 5.32 Å². The van der Waals surface area contributed by atoms with Crippen LogP contribution in [0.2, 0.25) is 0 Å². The van der Waals surface area contributed by atoms with E-state index in [0.717, 1.165) is 17.0 Å². The monoisotopic (exact) mass is 354 g/mol. The molecular weight excluding hydrogens is 332 g/mol. The molecule has 7 nitrogen and oxygen atoms in total. The van der Waals surface area contributed by atoms with E-state index in [2.05, 4.69) is 15.3 Å². The van der Waals surface area contributed by atoms with Gasteiger partial charge in [-0.15, -0.1) is 0 Å². The molecule has 1 aliphatic heterocycles. The maximum absolute atomic E-state index is 12.8. The van der Waals surface area contributed by atoms with Crippen LogP contribution in [0.3, 0.4) is 0 Å². The molecule has 1 atom stereocenters. The second kappa shape index (κ2) is 7.61. The third kappa shape index (κ3) is 3.72. The molecule has 1 aromatic carbocycles. The second-order valence-electron chi connectivity index (χ2n) is 6.37. The Balaban J connectivity index is 1.83. The van der Waals surface area contributed by atoms with Crippen LogP contribution in [0.25, 0.3) is 11.4 Å². The summed E-state index contributed by atoms with van der Waals surface area (Å²) in [6.07, 6.45) is 0.228. The van der Waals surface area contributed by atoms with Gasteiger partial charge in [-0.1, -0.05) is 12.1 Å². The fourth-order valence-corrected chi connectivity index (χ4v) is 3.15. The molecule has 3 rings (SSSR count). The highest BCUT2D eigenvalue weighted by atomic mass is 16.3. The van der Waals surface area contributed by atoms with Gasteiger partial charge in [0.05, 0.1) is 0 Å². The summed E-state index contributed by atoms with van der Waals surface area (Å²) in [5.74, 6) is 0.183. The zero-order valence-electron chi connectivity index (χ0n) is 14.9.